The number of hydrogen-bond acceptors (Lipinski definition) is 5. The van der Waals surface area contributed by atoms with E-state index in [1.54, 1.807) is 17.5 Å². The summed E-state index contributed by atoms with van der Waals surface area (Å²) in [6.45, 7) is 2.82. The summed E-state index contributed by atoms with van der Waals surface area (Å²) >= 11 is 3.20. The maximum atomic E-state index is 11.6. The minimum absolute atomic E-state index is 0.00535. The van der Waals surface area contributed by atoms with Gasteiger partial charge in [-0.05, 0) is 24.8 Å². The summed E-state index contributed by atoms with van der Waals surface area (Å²) in [5.74, 6) is 0.00535. The number of thiophene rings is 1. The molecular weight excluding hydrogens is 278 g/mol. The molecule has 1 unspecified atom stereocenters. The normalized spacial score (nSPS) is 12.3. The van der Waals surface area contributed by atoms with Gasteiger partial charge in [-0.25, -0.2) is 4.98 Å². The van der Waals surface area contributed by atoms with Crippen molar-refractivity contribution < 1.29 is 4.79 Å². The van der Waals surface area contributed by atoms with E-state index in [1.165, 1.54) is 16.2 Å². The predicted octanol–water partition coefficient (Wildman–Crippen LogP) is 2.75. The van der Waals surface area contributed by atoms with Crippen molar-refractivity contribution in [1.82, 2.24) is 10.3 Å². The fraction of sp³-hybridized carbons (Fsp3) is 0.385. The molecule has 2 aromatic rings. The fourth-order valence-corrected chi connectivity index (χ4v) is 3.08. The molecule has 0 aliphatic heterocycles. The van der Waals surface area contributed by atoms with Gasteiger partial charge in [0.2, 0.25) is 5.91 Å². The van der Waals surface area contributed by atoms with Crippen LogP contribution in [0.2, 0.25) is 0 Å². The average molecular weight is 295 g/mol. The van der Waals surface area contributed by atoms with Crippen molar-refractivity contribution in [2.75, 3.05) is 11.9 Å². The SMILES string of the molecule is CC(Cc1cccs1)NCCC(=O)Nc1nccs1. The van der Waals surface area contributed by atoms with Gasteiger partial charge in [0.25, 0.3) is 0 Å². The molecule has 0 radical (unpaired) electrons. The Bertz CT molecular complexity index is 482. The second-order valence-electron chi connectivity index (χ2n) is 4.27. The van der Waals surface area contributed by atoms with Gasteiger partial charge in [0.05, 0.1) is 0 Å². The molecule has 0 saturated carbocycles. The maximum absolute atomic E-state index is 11.6. The number of thiazole rings is 1. The van der Waals surface area contributed by atoms with Crippen LogP contribution < -0.4 is 10.6 Å². The van der Waals surface area contributed by atoms with E-state index in [0.717, 1.165) is 6.42 Å². The lowest BCUT2D eigenvalue weighted by molar-refractivity contribution is -0.116. The highest BCUT2D eigenvalue weighted by Gasteiger charge is 2.06. The van der Waals surface area contributed by atoms with Gasteiger partial charge in [-0.1, -0.05) is 6.07 Å². The minimum atomic E-state index is 0.00535. The lowest BCUT2D eigenvalue weighted by Gasteiger charge is -2.12. The Hall–Kier alpha value is -1.24. The molecule has 4 nitrogen and oxygen atoms in total. The zero-order chi connectivity index (χ0) is 13.5. The van der Waals surface area contributed by atoms with E-state index in [4.69, 9.17) is 0 Å². The third-order valence-corrected chi connectivity index (χ3v) is 4.20. The van der Waals surface area contributed by atoms with Gasteiger partial charge in [-0.3, -0.25) is 4.79 Å². The standard InChI is InChI=1S/C13H17N3OS2/c1-10(9-11-3-2-7-18-11)14-5-4-12(17)16-13-15-6-8-19-13/h2-3,6-8,10,14H,4-5,9H2,1H3,(H,15,16,17). The summed E-state index contributed by atoms with van der Waals surface area (Å²) in [6, 6.07) is 4.58. The number of rotatable bonds is 7. The summed E-state index contributed by atoms with van der Waals surface area (Å²) in [6.07, 6.45) is 3.15. The van der Waals surface area contributed by atoms with Crippen molar-refractivity contribution in [2.45, 2.75) is 25.8 Å². The van der Waals surface area contributed by atoms with Crippen LogP contribution in [-0.2, 0) is 11.2 Å². The molecule has 6 heteroatoms. The maximum Gasteiger partial charge on any atom is 0.227 e. The van der Waals surface area contributed by atoms with E-state index in [1.807, 2.05) is 5.38 Å². The number of aromatic nitrogens is 1. The quantitative estimate of drug-likeness (QED) is 0.826. The van der Waals surface area contributed by atoms with E-state index < -0.39 is 0 Å². The Morgan fingerprint density at radius 2 is 2.32 bits per heavy atom. The summed E-state index contributed by atoms with van der Waals surface area (Å²) in [4.78, 5) is 17.0. The van der Waals surface area contributed by atoms with E-state index in [2.05, 4.69) is 40.1 Å². The lowest BCUT2D eigenvalue weighted by Crippen LogP contribution is -2.30. The van der Waals surface area contributed by atoms with Crippen molar-refractivity contribution in [1.29, 1.82) is 0 Å². The van der Waals surface area contributed by atoms with Gasteiger partial charge in [-0.2, -0.15) is 0 Å². The Morgan fingerprint density at radius 3 is 3.00 bits per heavy atom. The molecule has 19 heavy (non-hydrogen) atoms. The summed E-state index contributed by atoms with van der Waals surface area (Å²) in [5, 5.41) is 10.7. The molecule has 0 aromatic carbocycles. The first-order chi connectivity index (χ1) is 9.24. The number of nitrogens with one attached hydrogen (secondary N) is 2. The van der Waals surface area contributed by atoms with Crippen molar-refractivity contribution >= 4 is 33.7 Å². The van der Waals surface area contributed by atoms with Crippen molar-refractivity contribution in [3.63, 3.8) is 0 Å². The van der Waals surface area contributed by atoms with Crippen LogP contribution in [0.15, 0.2) is 29.1 Å². The number of amides is 1. The smallest absolute Gasteiger partial charge is 0.227 e. The van der Waals surface area contributed by atoms with Crippen LogP contribution in [0.25, 0.3) is 0 Å². The van der Waals surface area contributed by atoms with Gasteiger partial charge < -0.3 is 10.6 Å². The number of carbonyl (C=O) groups is 1. The van der Waals surface area contributed by atoms with E-state index in [9.17, 15) is 4.79 Å². The van der Waals surface area contributed by atoms with Crippen molar-refractivity contribution in [3.8, 4) is 0 Å². The second kappa shape index (κ2) is 7.37. The van der Waals surface area contributed by atoms with Crippen LogP contribution in [0.1, 0.15) is 18.2 Å². The Balaban J connectivity index is 1.61. The molecule has 2 N–H and O–H groups in total. The highest BCUT2D eigenvalue weighted by Crippen LogP contribution is 2.11. The molecule has 0 spiro atoms. The van der Waals surface area contributed by atoms with Gasteiger partial charge in [0, 0.05) is 35.5 Å². The van der Waals surface area contributed by atoms with Crippen LogP contribution >= 0.6 is 22.7 Å². The van der Waals surface area contributed by atoms with Crippen LogP contribution in [0.5, 0.6) is 0 Å². The van der Waals surface area contributed by atoms with Gasteiger partial charge in [0.1, 0.15) is 0 Å². The number of hydrogen-bond donors (Lipinski definition) is 2. The van der Waals surface area contributed by atoms with Crippen LogP contribution in [0, 0.1) is 0 Å². The topological polar surface area (TPSA) is 54.0 Å². The molecule has 1 amide bonds. The van der Waals surface area contributed by atoms with Crippen molar-refractivity contribution in [3.05, 3.63) is 34.0 Å². The predicted molar refractivity (Wildman–Crippen MR) is 80.8 cm³/mol. The largest absolute Gasteiger partial charge is 0.313 e. The summed E-state index contributed by atoms with van der Waals surface area (Å²) in [7, 11) is 0. The minimum Gasteiger partial charge on any atom is -0.313 e. The van der Waals surface area contributed by atoms with Gasteiger partial charge >= 0.3 is 0 Å². The highest BCUT2D eigenvalue weighted by atomic mass is 32.1. The molecule has 2 rings (SSSR count). The fourth-order valence-electron chi connectivity index (χ4n) is 1.70. The molecule has 0 aliphatic carbocycles. The molecule has 2 heterocycles. The van der Waals surface area contributed by atoms with Gasteiger partial charge in [0.15, 0.2) is 5.13 Å². The van der Waals surface area contributed by atoms with Crippen molar-refractivity contribution in [2.24, 2.45) is 0 Å². The summed E-state index contributed by atoms with van der Waals surface area (Å²) in [5.41, 5.74) is 0. The first kappa shape index (κ1) is 14.2. The third kappa shape index (κ3) is 5.10. The van der Waals surface area contributed by atoms with E-state index >= 15 is 0 Å². The van der Waals surface area contributed by atoms with Crippen LogP contribution in [0.4, 0.5) is 5.13 Å². The lowest BCUT2D eigenvalue weighted by atomic mass is 10.2. The third-order valence-electron chi connectivity index (χ3n) is 2.61. The van der Waals surface area contributed by atoms with Gasteiger partial charge in [-0.15, -0.1) is 22.7 Å². The van der Waals surface area contributed by atoms with Crippen LogP contribution in [-0.4, -0.2) is 23.5 Å². The Kier molecular flexibility index (Phi) is 5.50. The number of carbonyl (C=O) groups excluding carboxylic acids is 1. The van der Waals surface area contributed by atoms with E-state index in [0.29, 0.717) is 24.1 Å². The zero-order valence-corrected chi connectivity index (χ0v) is 12.4. The average Bonchev–Trinajstić information content (AvgIpc) is 3.02. The molecule has 0 aliphatic rings. The zero-order valence-electron chi connectivity index (χ0n) is 10.8. The molecule has 0 fully saturated rings. The molecule has 0 saturated heterocycles. The number of anilines is 1. The highest BCUT2D eigenvalue weighted by molar-refractivity contribution is 7.13. The molecule has 102 valence electrons. The molecule has 1 atom stereocenters. The second-order valence-corrected chi connectivity index (χ2v) is 6.20. The monoisotopic (exact) mass is 295 g/mol. The Morgan fingerprint density at radius 1 is 1.42 bits per heavy atom. The first-order valence-electron chi connectivity index (χ1n) is 6.19. The van der Waals surface area contributed by atoms with E-state index in [-0.39, 0.29) is 5.91 Å². The Labute approximate surface area is 120 Å². The molecule has 0 bridgehead atoms. The number of nitrogens with zero attached hydrogens (tertiary/aromatic N) is 1. The summed E-state index contributed by atoms with van der Waals surface area (Å²) < 4.78 is 0. The molecular formula is C13H17N3OS2. The molecule has 2 aromatic heterocycles. The van der Waals surface area contributed by atoms with Crippen LogP contribution in [0.3, 0.4) is 0 Å². The first-order valence-corrected chi connectivity index (χ1v) is 7.95.